The molecule has 0 unspecified atom stereocenters. The van der Waals surface area contributed by atoms with Gasteiger partial charge >= 0.3 is 0 Å². The molecule has 0 bridgehead atoms. The fraction of sp³-hybridized carbons (Fsp3) is 0.625. The van der Waals surface area contributed by atoms with Crippen molar-refractivity contribution in [3.8, 4) is 0 Å². The van der Waals surface area contributed by atoms with Crippen LogP contribution in [0.1, 0.15) is 38.3 Å². The van der Waals surface area contributed by atoms with Crippen molar-refractivity contribution in [3.63, 3.8) is 0 Å². The van der Waals surface area contributed by atoms with Crippen molar-refractivity contribution in [2.24, 2.45) is 5.92 Å². The number of piperazine rings is 1. The largest absolute Gasteiger partial charge is 0.314 e. The van der Waals surface area contributed by atoms with Crippen LogP contribution in [-0.2, 0) is 0 Å². The van der Waals surface area contributed by atoms with Gasteiger partial charge in [-0.2, -0.15) is 0 Å². The zero-order chi connectivity index (χ0) is 15.4. The second-order valence-electron chi connectivity index (χ2n) is 6.06. The van der Waals surface area contributed by atoms with E-state index >= 15 is 0 Å². The Kier molecular flexibility index (Phi) is 5.65. The molecule has 1 N–H and O–H groups in total. The predicted molar refractivity (Wildman–Crippen MR) is 77.6 cm³/mol. The summed E-state index contributed by atoms with van der Waals surface area (Å²) in [6.07, 6.45) is 1.56. The van der Waals surface area contributed by atoms with Gasteiger partial charge in [-0.15, -0.1) is 0 Å². The Morgan fingerprint density at radius 3 is 2.14 bits per heavy atom. The number of halogens is 3. The Morgan fingerprint density at radius 1 is 1.05 bits per heavy atom. The van der Waals surface area contributed by atoms with Crippen LogP contribution in [0.15, 0.2) is 12.1 Å². The molecule has 1 fully saturated rings. The number of hydrogen-bond donors (Lipinski definition) is 1. The maximum atomic E-state index is 14.1. The summed E-state index contributed by atoms with van der Waals surface area (Å²) in [4.78, 5) is 2.10. The third-order valence-electron chi connectivity index (χ3n) is 3.99. The monoisotopic (exact) mass is 300 g/mol. The normalized spacial score (nSPS) is 18.2. The van der Waals surface area contributed by atoms with Crippen LogP contribution in [0.4, 0.5) is 13.2 Å². The van der Waals surface area contributed by atoms with E-state index in [1.54, 1.807) is 0 Å². The third kappa shape index (κ3) is 4.20. The highest BCUT2D eigenvalue weighted by Crippen LogP contribution is 2.32. The predicted octanol–water partition coefficient (Wildman–Crippen LogP) is 3.49. The lowest BCUT2D eigenvalue weighted by molar-refractivity contribution is 0.153. The van der Waals surface area contributed by atoms with Crippen LogP contribution in [-0.4, -0.2) is 31.1 Å². The minimum Gasteiger partial charge on any atom is -0.314 e. The van der Waals surface area contributed by atoms with E-state index in [4.69, 9.17) is 0 Å². The minimum absolute atomic E-state index is 0.0129. The van der Waals surface area contributed by atoms with Gasteiger partial charge in [0, 0.05) is 49.9 Å². The molecule has 5 heteroatoms. The van der Waals surface area contributed by atoms with Gasteiger partial charge in [0.15, 0.2) is 0 Å². The van der Waals surface area contributed by atoms with Crippen molar-refractivity contribution in [1.29, 1.82) is 0 Å². The van der Waals surface area contributed by atoms with Crippen molar-refractivity contribution in [2.75, 3.05) is 26.2 Å². The Morgan fingerprint density at radius 2 is 1.62 bits per heavy atom. The molecule has 1 aliphatic heterocycles. The number of nitrogens with zero attached hydrogens (tertiary/aromatic N) is 1. The first kappa shape index (κ1) is 16.3. The summed E-state index contributed by atoms with van der Waals surface area (Å²) in [6.45, 7) is 7.29. The molecular weight excluding hydrogens is 277 g/mol. The molecule has 1 heterocycles. The lowest BCUT2D eigenvalue weighted by Gasteiger charge is -2.36. The number of nitrogens with one attached hydrogen (secondary N) is 1. The number of hydrogen-bond acceptors (Lipinski definition) is 2. The number of benzene rings is 1. The summed E-state index contributed by atoms with van der Waals surface area (Å²) in [5, 5.41) is 3.24. The Balaban J connectivity index is 2.29. The van der Waals surface area contributed by atoms with Gasteiger partial charge in [-0.05, 0) is 18.8 Å². The van der Waals surface area contributed by atoms with Crippen molar-refractivity contribution >= 4 is 0 Å². The Labute approximate surface area is 124 Å². The molecule has 118 valence electrons. The lowest BCUT2D eigenvalue weighted by atomic mass is 9.95. The van der Waals surface area contributed by atoms with E-state index < -0.39 is 17.5 Å². The minimum atomic E-state index is -0.864. The van der Waals surface area contributed by atoms with Crippen molar-refractivity contribution in [3.05, 3.63) is 35.1 Å². The second kappa shape index (κ2) is 7.27. The molecule has 21 heavy (non-hydrogen) atoms. The van der Waals surface area contributed by atoms with Crippen LogP contribution < -0.4 is 5.32 Å². The van der Waals surface area contributed by atoms with E-state index in [0.29, 0.717) is 12.3 Å². The molecule has 0 saturated carbocycles. The van der Waals surface area contributed by atoms with Gasteiger partial charge in [-0.1, -0.05) is 13.8 Å². The highest BCUT2D eigenvalue weighted by molar-refractivity contribution is 5.24. The molecule has 0 aromatic heterocycles. The Hall–Kier alpha value is -1.07. The lowest BCUT2D eigenvalue weighted by Crippen LogP contribution is -2.45. The van der Waals surface area contributed by atoms with Gasteiger partial charge in [-0.25, -0.2) is 13.2 Å². The first-order chi connectivity index (χ1) is 9.99. The van der Waals surface area contributed by atoms with Gasteiger partial charge in [0.2, 0.25) is 0 Å². The molecule has 1 aliphatic rings. The first-order valence-electron chi connectivity index (χ1n) is 7.58. The van der Waals surface area contributed by atoms with Gasteiger partial charge in [0.1, 0.15) is 17.5 Å². The molecular formula is C16H23F3N2. The molecule has 1 saturated heterocycles. The van der Waals surface area contributed by atoms with E-state index in [9.17, 15) is 13.2 Å². The molecule has 2 rings (SSSR count). The highest BCUT2D eigenvalue weighted by atomic mass is 19.1. The van der Waals surface area contributed by atoms with Gasteiger partial charge < -0.3 is 5.32 Å². The zero-order valence-electron chi connectivity index (χ0n) is 12.6. The summed E-state index contributed by atoms with van der Waals surface area (Å²) in [5.41, 5.74) is 0.0129. The SMILES string of the molecule is CC(C)CC[C@@H](c1c(F)cc(F)cc1F)N1CCNCC1. The molecule has 1 aromatic rings. The topological polar surface area (TPSA) is 15.3 Å². The van der Waals surface area contributed by atoms with E-state index in [-0.39, 0.29) is 11.6 Å². The molecule has 0 amide bonds. The molecule has 1 aromatic carbocycles. The van der Waals surface area contributed by atoms with E-state index in [2.05, 4.69) is 24.1 Å². The maximum Gasteiger partial charge on any atom is 0.133 e. The molecule has 2 nitrogen and oxygen atoms in total. The maximum absolute atomic E-state index is 14.1. The van der Waals surface area contributed by atoms with E-state index in [1.807, 2.05) is 0 Å². The average Bonchev–Trinajstić information content (AvgIpc) is 2.42. The summed E-state index contributed by atoms with van der Waals surface area (Å²) in [6, 6.07) is 1.24. The van der Waals surface area contributed by atoms with Crippen LogP contribution in [0.25, 0.3) is 0 Å². The van der Waals surface area contributed by atoms with Crippen molar-refractivity contribution < 1.29 is 13.2 Å². The standard InChI is InChI=1S/C16H23F3N2/c1-11(2)3-4-15(21-7-5-20-6-8-21)16-13(18)9-12(17)10-14(16)19/h9-11,15,20H,3-8H2,1-2H3/t15-/m0/s1. The first-order valence-corrected chi connectivity index (χ1v) is 7.58. The Bertz CT molecular complexity index is 448. The summed E-state index contributed by atoms with van der Waals surface area (Å²) in [7, 11) is 0. The van der Waals surface area contributed by atoms with Crippen molar-refractivity contribution in [2.45, 2.75) is 32.7 Å². The molecule has 0 aliphatic carbocycles. The van der Waals surface area contributed by atoms with Crippen molar-refractivity contribution in [1.82, 2.24) is 10.2 Å². The van der Waals surface area contributed by atoms with Crippen LogP contribution in [0.5, 0.6) is 0 Å². The van der Waals surface area contributed by atoms with Crippen LogP contribution in [0.2, 0.25) is 0 Å². The van der Waals surface area contributed by atoms with Gasteiger partial charge in [0.05, 0.1) is 0 Å². The van der Waals surface area contributed by atoms with Gasteiger partial charge in [-0.3, -0.25) is 4.90 Å². The molecule has 0 spiro atoms. The van der Waals surface area contributed by atoms with Crippen LogP contribution >= 0.6 is 0 Å². The highest BCUT2D eigenvalue weighted by Gasteiger charge is 2.28. The summed E-state index contributed by atoms with van der Waals surface area (Å²) in [5.74, 6) is -1.96. The average molecular weight is 300 g/mol. The quantitative estimate of drug-likeness (QED) is 0.895. The molecule has 0 radical (unpaired) electrons. The van der Waals surface area contributed by atoms with Crippen LogP contribution in [0, 0.1) is 23.4 Å². The van der Waals surface area contributed by atoms with E-state index in [0.717, 1.165) is 44.7 Å². The smallest absolute Gasteiger partial charge is 0.133 e. The van der Waals surface area contributed by atoms with Crippen LogP contribution in [0.3, 0.4) is 0 Å². The fourth-order valence-corrected chi connectivity index (χ4v) is 2.87. The summed E-state index contributed by atoms with van der Waals surface area (Å²) < 4.78 is 41.4. The third-order valence-corrected chi connectivity index (χ3v) is 3.99. The zero-order valence-corrected chi connectivity index (χ0v) is 12.6. The fourth-order valence-electron chi connectivity index (χ4n) is 2.87. The van der Waals surface area contributed by atoms with E-state index in [1.165, 1.54) is 0 Å². The summed E-state index contributed by atoms with van der Waals surface area (Å²) >= 11 is 0. The molecule has 1 atom stereocenters. The second-order valence-corrected chi connectivity index (χ2v) is 6.06. The van der Waals surface area contributed by atoms with Gasteiger partial charge in [0.25, 0.3) is 0 Å². The number of rotatable bonds is 5.